The minimum Gasteiger partial charge on any atom is -0.361 e. The molecule has 1 atom stereocenters. The van der Waals surface area contributed by atoms with Gasteiger partial charge in [0.05, 0.1) is 18.2 Å². The van der Waals surface area contributed by atoms with Crippen LogP contribution in [0.3, 0.4) is 0 Å². The van der Waals surface area contributed by atoms with Crippen LogP contribution in [0.1, 0.15) is 34.2 Å². The summed E-state index contributed by atoms with van der Waals surface area (Å²) in [5.41, 5.74) is 5.04. The Labute approximate surface area is 138 Å². The highest BCUT2D eigenvalue weighted by Crippen LogP contribution is 2.44. The second kappa shape index (κ2) is 6.16. The number of nitrogens with zero attached hydrogens (tertiary/aromatic N) is 2. The third-order valence-electron chi connectivity index (χ3n) is 4.57. The van der Waals surface area contributed by atoms with Gasteiger partial charge in [-0.3, -0.25) is 0 Å². The van der Waals surface area contributed by atoms with Gasteiger partial charge in [-0.15, -0.1) is 0 Å². The number of rotatable bonds is 4. The lowest BCUT2D eigenvalue weighted by molar-refractivity contribution is -0.0155. The van der Waals surface area contributed by atoms with E-state index in [0.717, 1.165) is 18.5 Å². The van der Waals surface area contributed by atoms with Crippen molar-refractivity contribution in [2.45, 2.75) is 25.6 Å². The van der Waals surface area contributed by atoms with Crippen LogP contribution in [0.25, 0.3) is 0 Å². The number of benzene rings is 2. The lowest BCUT2D eigenvalue weighted by atomic mass is 9.82. The topological polar surface area (TPSA) is 36.3 Å². The summed E-state index contributed by atoms with van der Waals surface area (Å²) in [4.78, 5) is 2.18. The number of aryl methyl sites for hydroxylation is 1. The molecule has 0 amide bonds. The van der Waals surface area contributed by atoms with Crippen molar-refractivity contribution >= 4 is 0 Å². The second-order valence-electron chi connectivity index (χ2n) is 6.52. The maximum absolute atomic E-state index is 9.13. The Balaban J connectivity index is 2.09. The highest BCUT2D eigenvalue weighted by Gasteiger charge is 2.41. The van der Waals surface area contributed by atoms with Gasteiger partial charge in [-0.2, -0.15) is 5.26 Å². The normalized spacial score (nSPS) is 19.6. The highest BCUT2D eigenvalue weighted by atomic mass is 16.5. The van der Waals surface area contributed by atoms with E-state index < -0.39 is 5.60 Å². The molecule has 0 bridgehead atoms. The van der Waals surface area contributed by atoms with Gasteiger partial charge in [-0.1, -0.05) is 35.9 Å². The summed E-state index contributed by atoms with van der Waals surface area (Å²) in [6.07, 6.45) is 0.891. The van der Waals surface area contributed by atoms with Crippen molar-refractivity contribution in [2.24, 2.45) is 0 Å². The van der Waals surface area contributed by atoms with Gasteiger partial charge < -0.3 is 9.64 Å². The Morgan fingerprint density at radius 2 is 1.91 bits per heavy atom. The molecule has 2 aromatic carbocycles. The fourth-order valence-electron chi connectivity index (χ4n) is 3.25. The zero-order valence-corrected chi connectivity index (χ0v) is 14.0. The van der Waals surface area contributed by atoms with E-state index >= 15 is 0 Å². The van der Waals surface area contributed by atoms with E-state index in [0.29, 0.717) is 12.2 Å². The first kappa shape index (κ1) is 15.7. The molecule has 3 heteroatoms. The van der Waals surface area contributed by atoms with Crippen molar-refractivity contribution in [2.75, 3.05) is 20.6 Å². The van der Waals surface area contributed by atoms with Gasteiger partial charge in [0, 0.05) is 6.54 Å². The van der Waals surface area contributed by atoms with Crippen molar-refractivity contribution in [3.05, 3.63) is 70.3 Å². The Morgan fingerprint density at radius 3 is 2.57 bits per heavy atom. The summed E-state index contributed by atoms with van der Waals surface area (Å²) in [5.74, 6) is 0. The van der Waals surface area contributed by atoms with Gasteiger partial charge in [0.2, 0.25) is 0 Å². The van der Waals surface area contributed by atoms with Gasteiger partial charge in [0.1, 0.15) is 5.60 Å². The first-order valence-electron chi connectivity index (χ1n) is 7.94. The molecule has 3 nitrogen and oxygen atoms in total. The third-order valence-corrected chi connectivity index (χ3v) is 4.57. The van der Waals surface area contributed by atoms with Crippen molar-refractivity contribution < 1.29 is 4.74 Å². The molecule has 1 heterocycles. The van der Waals surface area contributed by atoms with E-state index in [1.54, 1.807) is 0 Å². The Bertz CT molecular complexity index is 743. The largest absolute Gasteiger partial charge is 0.361 e. The minimum atomic E-state index is -0.415. The second-order valence-corrected chi connectivity index (χ2v) is 6.52. The smallest absolute Gasteiger partial charge is 0.120 e. The van der Waals surface area contributed by atoms with Crippen LogP contribution in [-0.2, 0) is 16.9 Å². The summed E-state index contributed by atoms with van der Waals surface area (Å²) >= 11 is 0. The average molecular weight is 306 g/mol. The Kier molecular flexibility index (Phi) is 4.21. The molecule has 0 saturated carbocycles. The number of hydrogen-bond acceptors (Lipinski definition) is 3. The van der Waals surface area contributed by atoms with Crippen LogP contribution in [0.4, 0.5) is 0 Å². The fraction of sp³-hybridized carbons (Fsp3) is 0.350. The van der Waals surface area contributed by atoms with Gasteiger partial charge in [-0.05, 0) is 56.3 Å². The van der Waals surface area contributed by atoms with Crippen molar-refractivity contribution in [1.29, 1.82) is 5.26 Å². The molecule has 0 saturated heterocycles. The first-order chi connectivity index (χ1) is 11.0. The maximum atomic E-state index is 9.13. The van der Waals surface area contributed by atoms with Crippen molar-refractivity contribution in [1.82, 2.24) is 4.90 Å². The molecule has 1 aliphatic rings. The van der Waals surface area contributed by atoms with Crippen LogP contribution in [0.5, 0.6) is 0 Å². The van der Waals surface area contributed by atoms with Gasteiger partial charge in [0.15, 0.2) is 0 Å². The molecule has 1 aliphatic heterocycles. The zero-order chi connectivity index (χ0) is 16.4. The molecule has 0 aromatic heterocycles. The number of fused-ring (bicyclic) bond motifs is 1. The molecule has 0 radical (unpaired) electrons. The van der Waals surface area contributed by atoms with E-state index in [-0.39, 0.29) is 0 Å². The van der Waals surface area contributed by atoms with E-state index in [1.165, 1.54) is 16.7 Å². The predicted octanol–water partition coefficient (Wildman–Crippen LogP) is 3.59. The average Bonchev–Trinajstić information content (AvgIpc) is 2.92. The molecular formula is C20H22N2O. The quantitative estimate of drug-likeness (QED) is 0.866. The predicted molar refractivity (Wildman–Crippen MR) is 91.1 cm³/mol. The summed E-state index contributed by atoms with van der Waals surface area (Å²) in [7, 11) is 4.16. The SMILES string of the molecule is Cc1ccc(C2(CCN(C)C)OCc3cc(C#N)ccc32)cc1. The summed E-state index contributed by atoms with van der Waals surface area (Å²) < 4.78 is 6.35. The van der Waals surface area contributed by atoms with Gasteiger partial charge in [0.25, 0.3) is 0 Å². The Morgan fingerprint density at radius 1 is 1.17 bits per heavy atom. The lowest BCUT2D eigenvalue weighted by Crippen LogP contribution is -2.31. The van der Waals surface area contributed by atoms with Gasteiger partial charge >= 0.3 is 0 Å². The first-order valence-corrected chi connectivity index (χ1v) is 7.94. The minimum absolute atomic E-state index is 0.415. The highest BCUT2D eigenvalue weighted by molar-refractivity contribution is 5.48. The molecule has 0 spiro atoms. The lowest BCUT2D eigenvalue weighted by Gasteiger charge is -2.32. The number of hydrogen-bond donors (Lipinski definition) is 0. The fourth-order valence-corrected chi connectivity index (χ4v) is 3.25. The molecular weight excluding hydrogens is 284 g/mol. The van der Waals surface area contributed by atoms with Crippen molar-refractivity contribution in [3.8, 4) is 6.07 Å². The molecule has 0 fully saturated rings. The molecule has 0 aliphatic carbocycles. The molecule has 23 heavy (non-hydrogen) atoms. The standard InChI is InChI=1S/C20H22N2O/c1-15-4-7-18(8-5-15)20(10-11-22(2)3)19-9-6-16(13-21)12-17(19)14-23-20/h4-9,12H,10-11,14H2,1-3H3. The molecule has 1 unspecified atom stereocenters. The van der Waals surface area contributed by atoms with Crippen LogP contribution in [0.15, 0.2) is 42.5 Å². The maximum Gasteiger partial charge on any atom is 0.120 e. The van der Waals surface area contributed by atoms with E-state index in [9.17, 15) is 0 Å². The van der Waals surface area contributed by atoms with E-state index in [1.807, 2.05) is 12.1 Å². The van der Waals surface area contributed by atoms with Crippen LogP contribution < -0.4 is 0 Å². The summed E-state index contributed by atoms with van der Waals surface area (Å²) in [6, 6.07) is 16.7. The summed E-state index contributed by atoms with van der Waals surface area (Å²) in [6.45, 7) is 3.60. The monoisotopic (exact) mass is 306 g/mol. The third kappa shape index (κ3) is 2.88. The van der Waals surface area contributed by atoms with Crippen LogP contribution in [0.2, 0.25) is 0 Å². The number of ether oxygens (including phenoxy) is 1. The van der Waals surface area contributed by atoms with Crippen LogP contribution in [0, 0.1) is 18.3 Å². The molecule has 0 N–H and O–H groups in total. The van der Waals surface area contributed by atoms with Crippen LogP contribution >= 0.6 is 0 Å². The van der Waals surface area contributed by atoms with Crippen molar-refractivity contribution in [3.63, 3.8) is 0 Å². The Hall–Kier alpha value is -2.15. The van der Waals surface area contributed by atoms with Crippen LogP contribution in [-0.4, -0.2) is 25.5 Å². The molecule has 118 valence electrons. The molecule has 2 aromatic rings. The van der Waals surface area contributed by atoms with E-state index in [2.05, 4.69) is 62.3 Å². The van der Waals surface area contributed by atoms with Gasteiger partial charge in [-0.25, -0.2) is 0 Å². The summed E-state index contributed by atoms with van der Waals surface area (Å²) in [5, 5.41) is 9.13. The molecule has 3 rings (SSSR count). The van der Waals surface area contributed by atoms with E-state index in [4.69, 9.17) is 10.00 Å². The number of nitriles is 1. The zero-order valence-electron chi connectivity index (χ0n) is 14.0.